The largest absolute Gasteiger partial charge is 0.504 e. The van der Waals surface area contributed by atoms with Gasteiger partial charge in [-0.05, 0) is 93.5 Å². The molecule has 7 aliphatic rings. The predicted molar refractivity (Wildman–Crippen MR) is 178 cm³/mol. The summed E-state index contributed by atoms with van der Waals surface area (Å²) >= 11 is 0. The molecule has 2 spiro atoms. The molecule has 0 unspecified atom stereocenters. The Bertz CT molecular complexity index is 1560. The second-order valence-electron chi connectivity index (χ2n) is 15.9. The van der Waals surface area contributed by atoms with E-state index in [2.05, 4.69) is 48.2 Å². The van der Waals surface area contributed by atoms with Crippen LogP contribution in [0.15, 0.2) is 42.5 Å². The SMILES string of the molecule is CO[C@@]12CC[C@@]3(C[C@@H]1[C@](C)(O)C(C)(C)C)[C@H]1Cc4ccc(O)c5c4[C@@]3(CCN1CC1CC1)[C@H]2O5.NOC(N)=O.O=C(O)c1ccccc1. The van der Waals surface area contributed by atoms with Crippen molar-refractivity contribution < 1.29 is 39.2 Å². The van der Waals surface area contributed by atoms with Crippen molar-refractivity contribution in [3.63, 3.8) is 0 Å². The fourth-order valence-electron chi connectivity index (χ4n) is 10.2. The van der Waals surface area contributed by atoms with Crippen molar-refractivity contribution in [1.82, 2.24) is 4.90 Å². The van der Waals surface area contributed by atoms with Crippen LogP contribution < -0.4 is 16.4 Å². The number of carbonyl (C=O) groups excluding carboxylic acids is 1. The first-order valence-electron chi connectivity index (χ1n) is 17.1. The minimum Gasteiger partial charge on any atom is -0.504 e. The van der Waals surface area contributed by atoms with Crippen LogP contribution in [0.1, 0.15) is 87.7 Å². The number of hydrogen-bond donors (Lipinski definition) is 5. The monoisotopic (exact) mass is 665 g/mol. The Kier molecular flexibility index (Phi) is 8.54. The maximum absolute atomic E-state index is 12.2. The number of hydrogen-bond acceptors (Lipinski definition) is 9. The van der Waals surface area contributed by atoms with E-state index < -0.39 is 23.3 Å². The lowest BCUT2D eigenvalue weighted by atomic mass is 9.33. The molecule has 1 amide bonds. The number of nitrogens with two attached hydrogens (primary N) is 2. The number of carbonyl (C=O) groups is 2. The van der Waals surface area contributed by atoms with Gasteiger partial charge in [0, 0.05) is 42.0 Å². The molecule has 7 N–H and O–H groups in total. The molecule has 11 heteroatoms. The van der Waals surface area contributed by atoms with Crippen molar-refractivity contribution >= 4 is 12.1 Å². The Morgan fingerprint density at radius 3 is 2.27 bits per heavy atom. The Morgan fingerprint density at radius 1 is 1.06 bits per heavy atom. The number of ether oxygens (including phenoxy) is 2. The van der Waals surface area contributed by atoms with E-state index in [0.29, 0.717) is 17.4 Å². The average Bonchev–Trinajstić information content (AvgIpc) is 3.80. The number of amides is 1. The number of likely N-dealkylation sites (tertiary alicyclic amines) is 1. The summed E-state index contributed by atoms with van der Waals surface area (Å²) in [5.41, 5.74) is 5.42. The zero-order valence-electron chi connectivity index (χ0n) is 28.7. The van der Waals surface area contributed by atoms with Gasteiger partial charge in [-0.1, -0.05) is 45.0 Å². The first kappa shape index (κ1) is 34.5. The van der Waals surface area contributed by atoms with Crippen LogP contribution in [0, 0.1) is 22.7 Å². The number of rotatable bonds is 5. The Balaban J connectivity index is 0.000000241. The molecule has 9 rings (SSSR count). The topological polar surface area (TPSA) is 178 Å². The highest BCUT2D eigenvalue weighted by Gasteiger charge is 2.82. The van der Waals surface area contributed by atoms with E-state index in [0.717, 1.165) is 44.6 Å². The van der Waals surface area contributed by atoms with Crippen LogP contribution >= 0.6 is 0 Å². The standard InChI is InChI=1S/C29H41NO4.C7H6O2.CH4N2O2/c1-25(2,3)26(4,32)20-15-27-10-11-29(20,33-5)24-28(27)12-13-30(16-17-6-7-17)21(27)14-18-8-9-19(31)23(34-24)22(18)28;8-7(9)6-4-2-1-3-5-6;2-1(4)5-3/h8-9,17,20-21,24,31-32H,6-7,10-16H2,1-5H3;1-5H,(H,8,9);3H2,(H2,2,4)/t20-,21-,24-,26+,27-,28+,29+;;/m1../s1. The Hall–Kier alpha value is -3.38. The Labute approximate surface area is 282 Å². The number of aromatic hydroxyl groups is 1. The van der Waals surface area contributed by atoms with Crippen LogP contribution in [0.3, 0.4) is 0 Å². The fraction of sp³-hybridized carbons (Fsp3) is 0.622. The van der Waals surface area contributed by atoms with Gasteiger partial charge in [-0.3, -0.25) is 4.90 Å². The molecule has 2 aromatic rings. The highest BCUT2D eigenvalue weighted by molar-refractivity contribution is 5.87. The van der Waals surface area contributed by atoms with E-state index in [1.165, 1.54) is 30.5 Å². The quantitative estimate of drug-likeness (QED) is 0.280. The highest BCUT2D eigenvalue weighted by atomic mass is 16.7. The molecular weight excluding hydrogens is 614 g/mol. The van der Waals surface area contributed by atoms with Gasteiger partial charge in [-0.15, -0.1) is 0 Å². The third-order valence-corrected chi connectivity index (χ3v) is 13.0. The lowest BCUT2D eigenvalue weighted by Gasteiger charge is -2.75. The van der Waals surface area contributed by atoms with Crippen LogP contribution in [-0.4, -0.2) is 75.8 Å². The molecule has 4 bridgehead atoms. The van der Waals surface area contributed by atoms with E-state index in [-0.39, 0.29) is 34.0 Å². The van der Waals surface area contributed by atoms with Gasteiger partial charge in [0.25, 0.3) is 0 Å². The molecule has 7 atom stereocenters. The first-order chi connectivity index (χ1) is 22.6. The van der Waals surface area contributed by atoms with Crippen molar-refractivity contribution in [2.75, 3.05) is 20.2 Å². The van der Waals surface area contributed by atoms with E-state index in [9.17, 15) is 19.8 Å². The number of primary amides is 1. The van der Waals surface area contributed by atoms with Gasteiger partial charge in [-0.2, -0.15) is 5.90 Å². The van der Waals surface area contributed by atoms with E-state index in [1.54, 1.807) is 30.3 Å². The molecule has 0 aromatic heterocycles. The normalized spacial score (nSPS) is 33.4. The number of phenolic OH excluding ortho intramolecular Hbond substituents is 1. The van der Waals surface area contributed by atoms with Crippen LogP contribution in [0.4, 0.5) is 4.79 Å². The van der Waals surface area contributed by atoms with Gasteiger partial charge in [-0.25, -0.2) is 9.59 Å². The number of carboxylic acid groups (broad SMARTS) is 1. The van der Waals surface area contributed by atoms with Crippen molar-refractivity contribution in [2.24, 2.45) is 34.3 Å². The number of methoxy groups -OCH3 is 1. The number of carboxylic acids is 1. The summed E-state index contributed by atoms with van der Waals surface area (Å²) in [5.74, 6) is 5.12. The summed E-state index contributed by atoms with van der Waals surface area (Å²) in [7, 11) is 1.83. The van der Waals surface area contributed by atoms with Crippen LogP contribution in [0.25, 0.3) is 0 Å². The zero-order valence-corrected chi connectivity index (χ0v) is 28.7. The summed E-state index contributed by atoms with van der Waals surface area (Å²) in [6.45, 7) is 10.8. The van der Waals surface area contributed by atoms with E-state index >= 15 is 0 Å². The molecule has 2 heterocycles. The maximum Gasteiger partial charge on any atom is 0.423 e. The summed E-state index contributed by atoms with van der Waals surface area (Å²) in [6.07, 6.45) is 6.67. The summed E-state index contributed by atoms with van der Waals surface area (Å²) in [6, 6.07) is 12.8. The average molecular weight is 666 g/mol. The van der Waals surface area contributed by atoms with Gasteiger partial charge >= 0.3 is 12.1 Å². The fourth-order valence-corrected chi connectivity index (χ4v) is 10.2. The van der Waals surface area contributed by atoms with Crippen LogP contribution in [-0.2, 0) is 21.4 Å². The molecule has 2 aromatic carbocycles. The number of aliphatic hydroxyl groups is 1. The lowest BCUT2D eigenvalue weighted by Crippen LogP contribution is -2.83. The van der Waals surface area contributed by atoms with Crippen molar-refractivity contribution in [3.8, 4) is 11.5 Å². The molecule has 2 aliphatic heterocycles. The second-order valence-corrected chi connectivity index (χ2v) is 15.9. The maximum atomic E-state index is 12.2. The molecule has 5 aliphatic carbocycles. The van der Waals surface area contributed by atoms with Gasteiger partial charge in [0.05, 0.1) is 11.2 Å². The smallest absolute Gasteiger partial charge is 0.423 e. The highest BCUT2D eigenvalue weighted by Crippen LogP contribution is 2.78. The van der Waals surface area contributed by atoms with Gasteiger partial charge < -0.3 is 35.4 Å². The molecule has 5 fully saturated rings. The molecule has 4 saturated carbocycles. The number of aromatic carboxylic acids is 1. The minimum atomic E-state index is -0.968. The Morgan fingerprint density at radius 2 is 1.73 bits per heavy atom. The van der Waals surface area contributed by atoms with E-state index in [1.807, 2.05) is 20.1 Å². The van der Waals surface area contributed by atoms with Gasteiger partial charge in [0.2, 0.25) is 0 Å². The summed E-state index contributed by atoms with van der Waals surface area (Å²) in [5, 5.41) is 31.5. The zero-order chi connectivity index (χ0) is 34.9. The van der Waals surface area contributed by atoms with Crippen molar-refractivity contribution in [1.29, 1.82) is 0 Å². The predicted octanol–water partition coefficient (Wildman–Crippen LogP) is 4.75. The van der Waals surface area contributed by atoms with Gasteiger partial charge in [0.15, 0.2) is 11.5 Å². The molecular formula is C37H51N3O8. The summed E-state index contributed by atoms with van der Waals surface area (Å²) in [4.78, 5) is 25.7. The van der Waals surface area contributed by atoms with Crippen molar-refractivity contribution in [2.45, 2.75) is 101 Å². The van der Waals surface area contributed by atoms with Gasteiger partial charge in [0.1, 0.15) is 11.7 Å². The number of fused-ring (bicyclic) bond motifs is 2. The third kappa shape index (κ3) is 4.99. The molecule has 262 valence electrons. The summed E-state index contributed by atoms with van der Waals surface area (Å²) < 4.78 is 13.5. The third-order valence-electron chi connectivity index (χ3n) is 13.0. The number of piperidine rings is 1. The van der Waals surface area contributed by atoms with E-state index in [4.69, 9.17) is 14.6 Å². The number of benzene rings is 2. The molecule has 48 heavy (non-hydrogen) atoms. The van der Waals surface area contributed by atoms with Crippen LogP contribution in [0.2, 0.25) is 0 Å². The minimum absolute atomic E-state index is 0.0294. The van der Waals surface area contributed by atoms with Crippen LogP contribution in [0.5, 0.6) is 11.5 Å². The number of phenols is 1. The van der Waals surface area contributed by atoms with Crippen molar-refractivity contribution in [3.05, 3.63) is 59.2 Å². The lowest BCUT2D eigenvalue weighted by molar-refractivity contribution is -0.312. The molecule has 1 saturated heterocycles. The number of nitrogens with zero attached hydrogens (tertiary/aromatic N) is 1. The molecule has 11 nitrogen and oxygen atoms in total. The second kappa shape index (κ2) is 11.9. The first-order valence-corrected chi connectivity index (χ1v) is 17.1. The molecule has 0 radical (unpaired) electrons.